The lowest BCUT2D eigenvalue weighted by Gasteiger charge is -2.30. The molecular formula is C27H25FN2O3. The number of rotatable bonds is 6. The molecule has 168 valence electrons. The maximum atomic E-state index is 14.1. The molecular weight excluding hydrogens is 419 g/mol. The van der Waals surface area contributed by atoms with Crippen molar-refractivity contribution < 1.29 is 18.7 Å². The zero-order valence-electron chi connectivity index (χ0n) is 18.5. The van der Waals surface area contributed by atoms with E-state index in [2.05, 4.69) is 31.3 Å². The number of carbonyl (C=O) groups is 2. The van der Waals surface area contributed by atoms with E-state index in [-0.39, 0.29) is 30.8 Å². The van der Waals surface area contributed by atoms with Gasteiger partial charge in [-0.05, 0) is 41.3 Å². The molecule has 1 heterocycles. The molecule has 0 aromatic heterocycles. The standard InChI is InChI=1S/C27H25FN2O3/c1-18(2)20-10-7-19(8-11-20)9-14-26(31)29-22-12-13-24-25(15-22)33-17-27(32)30(24)16-21-5-3-4-6-23(21)28/h3-15,18H,16-17H2,1-2H3,(H,29,31)/b14-9+. The van der Waals surface area contributed by atoms with Crippen LogP contribution in [0.4, 0.5) is 15.8 Å². The highest BCUT2D eigenvalue weighted by atomic mass is 19.1. The van der Waals surface area contributed by atoms with Gasteiger partial charge in [0, 0.05) is 23.4 Å². The van der Waals surface area contributed by atoms with Crippen LogP contribution in [0.15, 0.2) is 72.8 Å². The Balaban J connectivity index is 1.45. The number of amides is 2. The van der Waals surface area contributed by atoms with Crippen molar-refractivity contribution in [2.75, 3.05) is 16.8 Å². The van der Waals surface area contributed by atoms with E-state index in [1.807, 2.05) is 12.1 Å². The topological polar surface area (TPSA) is 58.6 Å². The molecule has 1 N–H and O–H groups in total. The number of halogens is 1. The van der Waals surface area contributed by atoms with E-state index in [1.165, 1.54) is 22.6 Å². The van der Waals surface area contributed by atoms with Gasteiger partial charge in [0.2, 0.25) is 5.91 Å². The third kappa shape index (κ3) is 5.29. The van der Waals surface area contributed by atoms with Crippen LogP contribution in [0.5, 0.6) is 5.75 Å². The first-order valence-electron chi connectivity index (χ1n) is 10.8. The monoisotopic (exact) mass is 444 g/mol. The summed E-state index contributed by atoms with van der Waals surface area (Å²) in [7, 11) is 0. The van der Waals surface area contributed by atoms with Gasteiger partial charge < -0.3 is 15.0 Å². The van der Waals surface area contributed by atoms with Crippen LogP contribution in [-0.2, 0) is 16.1 Å². The smallest absolute Gasteiger partial charge is 0.265 e. The van der Waals surface area contributed by atoms with Gasteiger partial charge in [0.15, 0.2) is 6.61 Å². The van der Waals surface area contributed by atoms with Gasteiger partial charge in [-0.15, -0.1) is 0 Å². The molecule has 0 saturated heterocycles. The minimum Gasteiger partial charge on any atom is -0.481 e. The van der Waals surface area contributed by atoms with Crippen LogP contribution in [0.2, 0.25) is 0 Å². The van der Waals surface area contributed by atoms with E-state index in [4.69, 9.17) is 4.74 Å². The van der Waals surface area contributed by atoms with Crippen LogP contribution >= 0.6 is 0 Å². The molecule has 0 bridgehead atoms. The average molecular weight is 445 g/mol. The van der Waals surface area contributed by atoms with Gasteiger partial charge in [-0.2, -0.15) is 0 Å². The number of carbonyl (C=O) groups excluding carboxylic acids is 2. The molecule has 3 aromatic carbocycles. The highest BCUT2D eigenvalue weighted by molar-refractivity contribution is 6.03. The van der Waals surface area contributed by atoms with Crippen molar-refractivity contribution >= 4 is 29.3 Å². The van der Waals surface area contributed by atoms with E-state index >= 15 is 0 Å². The molecule has 5 nitrogen and oxygen atoms in total. The number of nitrogens with one attached hydrogen (secondary N) is 1. The van der Waals surface area contributed by atoms with Crippen molar-refractivity contribution in [3.63, 3.8) is 0 Å². The number of nitrogens with zero attached hydrogens (tertiary/aromatic N) is 1. The van der Waals surface area contributed by atoms with E-state index in [9.17, 15) is 14.0 Å². The van der Waals surface area contributed by atoms with Crippen LogP contribution < -0.4 is 15.0 Å². The minimum atomic E-state index is -0.368. The fourth-order valence-electron chi connectivity index (χ4n) is 3.60. The van der Waals surface area contributed by atoms with Crippen molar-refractivity contribution in [1.82, 2.24) is 0 Å². The molecule has 1 aliphatic rings. The van der Waals surface area contributed by atoms with Crippen molar-refractivity contribution in [3.05, 3.63) is 95.3 Å². The number of benzene rings is 3. The van der Waals surface area contributed by atoms with Crippen LogP contribution in [0, 0.1) is 5.82 Å². The molecule has 0 unspecified atom stereocenters. The summed E-state index contributed by atoms with van der Waals surface area (Å²) >= 11 is 0. The number of hydrogen-bond donors (Lipinski definition) is 1. The molecule has 4 rings (SSSR count). The van der Waals surface area contributed by atoms with Gasteiger partial charge in [-0.1, -0.05) is 56.3 Å². The lowest BCUT2D eigenvalue weighted by molar-refractivity contribution is -0.121. The third-order valence-electron chi connectivity index (χ3n) is 5.49. The Morgan fingerprint density at radius 2 is 1.88 bits per heavy atom. The Hall–Kier alpha value is -3.93. The summed E-state index contributed by atoms with van der Waals surface area (Å²) in [6.07, 6.45) is 3.22. The molecule has 0 aliphatic carbocycles. The van der Waals surface area contributed by atoms with Gasteiger partial charge in [-0.3, -0.25) is 9.59 Å². The average Bonchev–Trinajstić information content (AvgIpc) is 2.81. The summed E-state index contributed by atoms with van der Waals surface area (Å²) in [6, 6.07) is 19.5. The van der Waals surface area contributed by atoms with Gasteiger partial charge in [0.25, 0.3) is 5.91 Å². The van der Waals surface area contributed by atoms with Crippen molar-refractivity contribution in [2.24, 2.45) is 0 Å². The second-order valence-corrected chi connectivity index (χ2v) is 8.19. The molecule has 2 amide bonds. The summed E-state index contributed by atoms with van der Waals surface area (Å²) in [4.78, 5) is 26.3. The lowest BCUT2D eigenvalue weighted by atomic mass is 10.0. The first-order valence-corrected chi connectivity index (χ1v) is 10.8. The van der Waals surface area contributed by atoms with Crippen LogP contribution in [-0.4, -0.2) is 18.4 Å². The van der Waals surface area contributed by atoms with Crippen molar-refractivity contribution in [3.8, 4) is 5.75 Å². The second kappa shape index (κ2) is 9.69. The Labute approximate surface area is 192 Å². The maximum absolute atomic E-state index is 14.1. The number of fused-ring (bicyclic) bond motifs is 1. The first-order chi connectivity index (χ1) is 15.9. The minimum absolute atomic E-state index is 0.103. The molecule has 0 fully saturated rings. The number of ether oxygens (including phenoxy) is 1. The molecule has 3 aromatic rings. The highest BCUT2D eigenvalue weighted by Crippen LogP contribution is 2.35. The maximum Gasteiger partial charge on any atom is 0.265 e. The lowest BCUT2D eigenvalue weighted by Crippen LogP contribution is -2.38. The summed E-state index contributed by atoms with van der Waals surface area (Å²) in [5.74, 6) is 0.00674. The summed E-state index contributed by atoms with van der Waals surface area (Å²) in [5.41, 5.74) is 3.67. The van der Waals surface area contributed by atoms with Gasteiger partial charge >= 0.3 is 0 Å². The third-order valence-corrected chi connectivity index (χ3v) is 5.49. The Morgan fingerprint density at radius 1 is 1.12 bits per heavy atom. The fourth-order valence-corrected chi connectivity index (χ4v) is 3.60. The van der Waals surface area contributed by atoms with Crippen LogP contribution in [0.1, 0.15) is 36.5 Å². The zero-order chi connectivity index (χ0) is 23.4. The zero-order valence-corrected chi connectivity index (χ0v) is 18.5. The normalized spacial score (nSPS) is 13.2. The Bertz CT molecular complexity index is 1200. The van der Waals surface area contributed by atoms with E-state index in [0.717, 1.165) is 5.56 Å². The SMILES string of the molecule is CC(C)c1ccc(/C=C/C(=O)Nc2ccc3c(c2)OCC(=O)N3Cc2ccccc2F)cc1. The molecule has 1 aliphatic heterocycles. The predicted octanol–water partition coefficient (Wildman–Crippen LogP) is 5.53. The van der Waals surface area contributed by atoms with Gasteiger partial charge in [-0.25, -0.2) is 4.39 Å². The van der Waals surface area contributed by atoms with Crippen molar-refractivity contribution in [2.45, 2.75) is 26.3 Å². The van der Waals surface area contributed by atoms with Gasteiger partial charge in [0.1, 0.15) is 11.6 Å². The highest BCUT2D eigenvalue weighted by Gasteiger charge is 2.26. The Morgan fingerprint density at radius 3 is 2.61 bits per heavy atom. The second-order valence-electron chi connectivity index (χ2n) is 8.19. The predicted molar refractivity (Wildman–Crippen MR) is 128 cm³/mol. The van der Waals surface area contributed by atoms with Crippen LogP contribution in [0.25, 0.3) is 6.08 Å². The molecule has 0 spiro atoms. The molecule has 0 atom stereocenters. The van der Waals surface area contributed by atoms with E-state index in [1.54, 1.807) is 42.5 Å². The van der Waals surface area contributed by atoms with E-state index < -0.39 is 0 Å². The largest absolute Gasteiger partial charge is 0.481 e. The quantitative estimate of drug-likeness (QED) is 0.509. The Kier molecular flexibility index (Phi) is 6.54. The molecule has 33 heavy (non-hydrogen) atoms. The summed E-state index contributed by atoms with van der Waals surface area (Å²) in [6.45, 7) is 4.22. The molecule has 6 heteroatoms. The van der Waals surface area contributed by atoms with E-state index in [0.29, 0.717) is 28.6 Å². The van der Waals surface area contributed by atoms with Crippen molar-refractivity contribution in [1.29, 1.82) is 0 Å². The number of hydrogen-bond acceptors (Lipinski definition) is 3. The molecule has 0 radical (unpaired) electrons. The first kappa shape index (κ1) is 22.3. The van der Waals surface area contributed by atoms with Gasteiger partial charge in [0.05, 0.1) is 12.2 Å². The van der Waals surface area contributed by atoms with Crippen LogP contribution in [0.3, 0.4) is 0 Å². The summed E-state index contributed by atoms with van der Waals surface area (Å²) in [5, 5.41) is 2.81. The number of anilines is 2. The summed E-state index contributed by atoms with van der Waals surface area (Å²) < 4.78 is 19.6. The molecule has 0 saturated carbocycles. The fraction of sp³-hybridized carbons (Fsp3) is 0.185.